The van der Waals surface area contributed by atoms with E-state index in [2.05, 4.69) is 58.3 Å². The number of esters is 1. The number of ether oxygens (including phenoxy) is 1. The van der Waals surface area contributed by atoms with Gasteiger partial charge in [0.25, 0.3) is 0 Å². The van der Waals surface area contributed by atoms with Crippen molar-refractivity contribution in [3.63, 3.8) is 0 Å². The van der Waals surface area contributed by atoms with Gasteiger partial charge in [0.2, 0.25) is 5.71 Å². The van der Waals surface area contributed by atoms with Crippen molar-refractivity contribution >= 4 is 22.9 Å². The van der Waals surface area contributed by atoms with Crippen molar-refractivity contribution in [2.75, 3.05) is 25.0 Å². The van der Waals surface area contributed by atoms with Gasteiger partial charge in [0.15, 0.2) is 0 Å². The highest BCUT2D eigenvalue weighted by molar-refractivity contribution is 6.07. The first kappa shape index (κ1) is 22.7. The molecular formula is C24H32N4O3. The monoisotopic (exact) mass is 424 g/mol. The van der Waals surface area contributed by atoms with Gasteiger partial charge in [-0.15, -0.1) is 0 Å². The minimum Gasteiger partial charge on any atom is -0.462 e. The first-order chi connectivity index (χ1) is 14.9. The van der Waals surface area contributed by atoms with E-state index in [-0.39, 0.29) is 0 Å². The quantitative estimate of drug-likeness (QED) is 0.372. The molecule has 0 saturated carbocycles. The summed E-state index contributed by atoms with van der Waals surface area (Å²) >= 11 is 0. The zero-order valence-corrected chi connectivity index (χ0v) is 19.1. The molecule has 7 heteroatoms. The minimum atomic E-state index is -0.414. The Morgan fingerprint density at radius 2 is 1.94 bits per heavy atom. The second-order valence-electron chi connectivity index (χ2n) is 7.88. The Kier molecular flexibility index (Phi) is 7.63. The third-order valence-electron chi connectivity index (χ3n) is 5.19. The van der Waals surface area contributed by atoms with Crippen molar-refractivity contribution in [3.8, 4) is 0 Å². The van der Waals surface area contributed by atoms with E-state index < -0.39 is 5.97 Å². The summed E-state index contributed by atoms with van der Waals surface area (Å²) in [6, 6.07) is 11.0. The van der Waals surface area contributed by atoms with E-state index in [1.165, 1.54) is 5.56 Å². The highest BCUT2D eigenvalue weighted by Crippen LogP contribution is 2.30. The molecule has 0 fully saturated rings. The molecule has 0 spiro atoms. The van der Waals surface area contributed by atoms with Crippen LogP contribution < -0.4 is 5.32 Å². The number of anilines is 1. The van der Waals surface area contributed by atoms with Gasteiger partial charge in [-0.2, -0.15) is 4.98 Å². The minimum absolute atomic E-state index is 0.298. The van der Waals surface area contributed by atoms with Crippen LogP contribution in [-0.4, -0.2) is 46.6 Å². The van der Waals surface area contributed by atoms with Gasteiger partial charge in [-0.3, -0.25) is 4.90 Å². The highest BCUT2D eigenvalue weighted by Gasteiger charge is 2.24. The lowest BCUT2D eigenvalue weighted by Crippen LogP contribution is -2.32. The molecule has 7 nitrogen and oxygen atoms in total. The normalized spacial score (nSPS) is 11.5. The Morgan fingerprint density at radius 1 is 1.19 bits per heavy atom. The van der Waals surface area contributed by atoms with Crippen molar-refractivity contribution in [1.29, 1.82) is 0 Å². The number of rotatable bonds is 10. The smallest absolute Gasteiger partial charge is 0.342 e. The maximum Gasteiger partial charge on any atom is 0.342 e. The lowest BCUT2D eigenvalue weighted by molar-refractivity contribution is 0.0526. The van der Waals surface area contributed by atoms with Gasteiger partial charge in [0.1, 0.15) is 23.0 Å². The Labute approximate surface area is 183 Å². The van der Waals surface area contributed by atoms with Gasteiger partial charge in [0.05, 0.1) is 12.0 Å². The molecule has 0 aliphatic heterocycles. The number of benzene rings is 1. The molecule has 1 N–H and O–H groups in total. The summed E-state index contributed by atoms with van der Waals surface area (Å²) in [5.41, 5.74) is 2.11. The molecule has 0 unspecified atom stereocenters. The third kappa shape index (κ3) is 5.61. The number of fused-ring (bicyclic) bond motifs is 1. The summed E-state index contributed by atoms with van der Waals surface area (Å²) in [5.74, 6) is 1.28. The standard InChI is InChI=1S/C24H32N4O3/c1-6-30-24(29)20-17(4)31-23-21(20)22(26-18(5)27-23)25-13-10-14-28(16(2)3)15-19-11-8-7-9-12-19/h7-9,11-12,16H,6,10,13-15H2,1-5H3,(H,25,26,27). The van der Waals surface area contributed by atoms with Crippen LogP contribution in [0.1, 0.15) is 54.7 Å². The van der Waals surface area contributed by atoms with Crippen molar-refractivity contribution in [1.82, 2.24) is 14.9 Å². The molecule has 3 aromatic rings. The highest BCUT2D eigenvalue weighted by atomic mass is 16.5. The number of nitrogens with one attached hydrogen (secondary N) is 1. The van der Waals surface area contributed by atoms with E-state index in [0.717, 1.165) is 26.1 Å². The van der Waals surface area contributed by atoms with Gasteiger partial charge in [-0.25, -0.2) is 9.78 Å². The summed E-state index contributed by atoms with van der Waals surface area (Å²) < 4.78 is 10.9. The zero-order chi connectivity index (χ0) is 22.4. The molecule has 1 aromatic carbocycles. The average molecular weight is 425 g/mol. The molecule has 31 heavy (non-hydrogen) atoms. The van der Waals surface area contributed by atoms with Crippen LogP contribution in [0.5, 0.6) is 0 Å². The fraction of sp³-hybridized carbons (Fsp3) is 0.458. The number of aromatic nitrogens is 2. The molecule has 0 atom stereocenters. The fourth-order valence-corrected chi connectivity index (χ4v) is 3.62. The third-order valence-corrected chi connectivity index (χ3v) is 5.19. The fourth-order valence-electron chi connectivity index (χ4n) is 3.62. The van der Waals surface area contributed by atoms with E-state index in [4.69, 9.17) is 9.15 Å². The van der Waals surface area contributed by atoms with Crippen LogP contribution in [0.25, 0.3) is 11.1 Å². The summed E-state index contributed by atoms with van der Waals surface area (Å²) in [7, 11) is 0. The number of furan rings is 1. The number of nitrogens with zero attached hydrogens (tertiary/aromatic N) is 3. The molecular weight excluding hydrogens is 392 g/mol. The molecule has 0 saturated heterocycles. The number of hydrogen-bond acceptors (Lipinski definition) is 7. The molecule has 2 aromatic heterocycles. The number of hydrogen-bond donors (Lipinski definition) is 1. The van der Waals surface area contributed by atoms with Crippen LogP contribution in [0, 0.1) is 13.8 Å². The lowest BCUT2D eigenvalue weighted by Gasteiger charge is -2.26. The maximum absolute atomic E-state index is 12.5. The summed E-state index contributed by atoms with van der Waals surface area (Å²) in [6.07, 6.45) is 0.932. The molecule has 0 bridgehead atoms. The summed E-state index contributed by atoms with van der Waals surface area (Å²) in [6.45, 7) is 12.7. The molecule has 0 aliphatic carbocycles. The zero-order valence-electron chi connectivity index (χ0n) is 19.1. The Balaban J connectivity index is 1.70. The summed E-state index contributed by atoms with van der Waals surface area (Å²) in [5, 5.41) is 3.98. The van der Waals surface area contributed by atoms with E-state index >= 15 is 0 Å². The first-order valence-electron chi connectivity index (χ1n) is 10.9. The van der Waals surface area contributed by atoms with E-state index in [1.54, 1.807) is 13.8 Å². The predicted octanol–water partition coefficient (Wildman–Crippen LogP) is 4.73. The average Bonchev–Trinajstić information content (AvgIpc) is 3.06. The number of carbonyl (C=O) groups is 1. The van der Waals surface area contributed by atoms with Crippen molar-refractivity contribution in [2.45, 2.75) is 53.6 Å². The van der Waals surface area contributed by atoms with Crippen molar-refractivity contribution in [2.24, 2.45) is 0 Å². The lowest BCUT2D eigenvalue weighted by atomic mass is 10.1. The first-order valence-corrected chi connectivity index (χ1v) is 10.9. The molecule has 166 valence electrons. The van der Waals surface area contributed by atoms with Crippen LogP contribution in [0.4, 0.5) is 5.82 Å². The molecule has 3 rings (SSSR count). The van der Waals surface area contributed by atoms with E-state index in [0.29, 0.717) is 46.7 Å². The number of aryl methyl sites for hydroxylation is 2. The van der Waals surface area contributed by atoms with Crippen LogP contribution in [0.2, 0.25) is 0 Å². The molecule has 0 aliphatic rings. The Bertz CT molecular complexity index is 1010. The van der Waals surface area contributed by atoms with Gasteiger partial charge >= 0.3 is 5.97 Å². The van der Waals surface area contributed by atoms with Gasteiger partial charge < -0.3 is 14.5 Å². The predicted molar refractivity (Wildman–Crippen MR) is 122 cm³/mol. The van der Waals surface area contributed by atoms with Crippen LogP contribution in [-0.2, 0) is 11.3 Å². The topological polar surface area (TPSA) is 80.5 Å². The Morgan fingerprint density at radius 3 is 2.61 bits per heavy atom. The van der Waals surface area contributed by atoms with Crippen LogP contribution in [0.3, 0.4) is 0 Å². The van der Waals surface area contributed by atoms with Gasteiger partial charge in [-0.05, 0) is 46.6 Å². The van der Waals surface area contributed by atoms with Gasteiger partial charge in [0, 0.05) is 25.7 Å². The van der Waals surface area contributed by atoms with E-state index in [1.807, 2.05) is 13.0 Å². The maximum atomic E-state index is 12.5. The van der Waals surface area contributed by atoms with E-state index in [9.17, 15) is 4.79 Å². The second-order valence-corrected chi connectivity index (χ2v) is 7.88. The molecule has 0 radical (unpaired) electrons. The van der Waals surface area contributed by atoms with Crippen LogP contribution in [0.15, 0.2) is 34.7 Å². The van der Waals surface area contributed by atoms with Crippen molar-refractivity contribution in [3.05, 3.63) is 53.0 Å². The SMILES string of the molecule is CCOC(=O)c1c(C)oc2nc(C)nc(NCCCN(Cc3ccccc3)C(C)C)c12. The Hall–Kier alpha value is -2.93. The van der Waals surface area contributed by atoms with Gasteiger partial charge in [-0.1, -0.05) is 30.3 Å². The van der Waals surface area contributed by atoms with Crippen LogP contribution >= 0.6 is 0 Å². The number of carbonyl (C=O) groups excluding carboxylic acids is 1. The summed E-state index contributed by atoms with van der Waals surface area (Å²) in [4.78, 5) is 23.8. The molecule has 0 amide bonds. The molecule has 2 heterocycles. The second kappa shape index (κ2) is 10.4. The van der Waals surface area contributed by atoms with Crippen molar-refractivity contribution < 1.29 is 13.9 Å². The largest absolute Gasteiger partial charge is 0.462 e.